The summed E-state index contributed by atoms with van der Waals surface area (Å²) in [7, 11) is 1.56. The van der Waals surface area contributed by atoms with Gasteiger partial charge in [0.25, 0.3) is 5.91 Å². The SMILES string of the molecule is COc1ccccc1CNC(=O)[C@@H]1[C@@H]2[C@H](O)[C@H]3O[C@H]3C[C@]2(C(N)=O)ON1Cc1ccc(C#Cc2ccc(Cl)cc2)cc1. The maximum Gasteiger partial charge on any atom is 0.252 e. The van der Waals surface area contributed by atoms with E-state index < -0.39 is 41.6 Å². The van der Waals surface area contributed by atoms with E-state index in [4.69, 9.17) is 31.6 Å². The topological polar surface area (TPSA) is 127 Å². The molecule has 3 aromatic carbocycles. The van der Waals surface area contributed by atoms with Crippen molar-refractivity contribution in [3.05, 3.63) is 100 Å². The first-order valence-electron chi connectivity index (χ1n) is 13.6. The van der Waals surface area contributed by atoms with Crippen LogP contribution in [0, 0.1) is 17.8 Å². The molecule has 6 atom stereocenters. The molecule has 3 aliphatic rings. The number of fused-ring (bicyclic) bond motifs is 2. The lowest BCUT2D eigenvalue weighted by Gasteiger charge is -2.35. The number of aliphatic hydroxyl groups excluding tert-OH is 1. The molecular formula is C32H30ClN3O6. The van der Waals surface area contributed by atoms with Crippen LogP contribution < -0.4 is 15.8 Å². The average Bonchev–Trinajstić information content (AvgIpc) is 3.69. The van der Waals surface area contributed by atoms with E-state index in [1.54, 1.807) is 19.2 Å². The molecule has 1 saturated carbocycles. The normalized spacial score (nSPS) is 27.6. The summed E-state index contributed by atoms with van der Waals surface area (Å²) in [5.74, 6) is 4.81. The minimum atomic E-state index is -1.58. The monoisotopic (exact) mass is 587 g/mol. The van der Waals surface area contributed by atoms with Gasteiger partial charge >= 0.3 is 0 Å². The van der Waals surface area contributed by atoms with Crippen molar-refractivity contribution < 1.29 is 29.0 Å². The van der Waals surface area contributed by atoms with Crippen molar-refractivity contribution in [1.29, 1.82) is 0 Å². The summed E-state index contributed by atoms with van der Waals surface area (Å²) in [6, 6.07) is 21.2. The quantitative estimate of drug-likeness (QED) is 0.286. The maximum absolute atomic E-state index is 13.8. The molecular weight excluding hydrogens is 558 g/mol. The number of hydrogen-bond acceptors (Lipinski definition) is 7. The van der Waals surface area contributed by atoms with Gasteiger partial charge in [0.1, 0.15) is 17.9 Å². The number of halogens is 1. The van der Waals surface area contributed by atoms with Crippen LogP contribution in [0.2, 0.25) is 5.02 Å². The Morgan fingerprint density at radius 1 is 1.10 bits per heavy atom. The lowest BCUT2D eigenvalue weighted by Crippen LogP contribution is -2.60. The molecule has 6 rings (SSSR count). The number of nitrogens with one attached hydrogen (secondary N) is 1. The van der Waals surface area contributed by atoms with E-state index >= 15 is 0 Å². The number of nitrogens with zero attached hydrogens (tertiary/aromatic N) is 1. The van der Waals surface area contributed by atoms with Gasteiger partial charge in [0, 0.05) is 34.7 Å². The van der Waals surface area contributed by atoms with E-state index in [2.05, 4.69) is 17.2 Å². The number of benzene rings is 3. The van der Waals surface area contributed by atoms with Crippen molar-refractivity contribution in [2.75, 3.05) is 7.11 Å². The molecule has 0 unspecified atom stereocenters. The predicted molar refractivity (Wildman–Crippen MR) is 154 cm³/mol. The van der Waals surface area contributed by atoms with Gasteiger partial charge in [-0.05, 0) is 48.0 Å². The molecule has 1 aliphatic carbocycles. The second kappa shape index (κ2) is 11.4. The fraction of sp³-hybridized carbons (Fsp3) is 0.312. The van der Waals surface area contributed by atoms with Crippen LogP contribution in [-0.4, -0.2) is 59.0 Å². The highest BCUT2D eigenvalue weighted by Gasteiger charge is 2.72. The number of ether oxygens (including phenoxy) is 2. The smallest absolute Gasteiger partial charge is 0.252 e. The highest BCUT2D eigenvalue weighted by atomic mass is 35.5. The third-order valence-electron chi connectivity index (χ3n) is 8.12. The zero-order chi connectivity index (χ0) is 29.4. The van der Waals surface area contributed by atoms with Gasteiger partial charge in [-0.15, -0.1) is 0 Å². The molecule has 0 spiro atoms. The Bertz CT molecular complexity index is 1550. The molecule has 4 N–H and O–H groups in total. The van der Waals surface area contributed by atoms with E-state index in [-0.39, 0.29) is 25.6 Å². The van der Waals surface area contributed by atoms with E-state index in [0.717, 1.165) is 22.3 Å². The number of hydroxylamine groups is 2. The summed E-state index contributed by atoms with van der Waals surface area (Å²) in [5.41, 5.74) is 7.56. The number of aliphatic hydroxyl groups is 1. The van der Waals surface area contributed by atoms with Crippen molar-refractivity contribution in [2.45, 2.75) is 49.5 Å². The van der Waals surface area contributed by atoms with Gasteiger partial charge in [-0.3, -0.25) is 14.4 Å². The second-order valence-electron chi connectivity index (χ2n) is 10.7. The second-order valence-corrected chi connectivity index (χ2v) is 11.1. The van der Waals surface area contributed by atoms with E-state index in [1.165, 1.54) is 5.06 Å². The Balaban J connectivity index is 1.25. The maximum atomic E-state index is 13.8. The molecule has 0 aromatic heterocycles. The fourth-order valence-electron chi connectivity index (χ4n) is 5.94. The third kappa shape index (κ3) is 5.36. The van der Waals surface area contributed by atoms with Gasteiger partial charge < -0.3 is 25.6 Å². The minimum Gasteiger partial charge on any atom is -0.496 e. The van der Waals surface area contributed by atoms with Crippen LogP contribution in [-0.2, 0) is 32.3 Å². The highest BCUT2D eigenvalue weighted by molar-refractivity contribution is 6.30. The van der Waals surface area contributed by atoms with Gasteiger partial charge in [-0.1, -0.05) is 53.8 Å². The molecule has 0 radical (unpaired) electrons. The van der Waals surface area contributed by atoms with Crippen LogP contribution in [0.25, 0.3) is 0 Å². The summed E-state index contributed by atoms with van der Waals surface area (Å²) >= 11 is 5.95. The summed E-state index contributed by atoms with van der Waals surface area (Å²) in [5, 5.41) is 16.3. The molecule has 0 bridgehead atoms. The van der Waals surface area contributed by atoms with Gasteiger partial charge in [0.05, 0.1) is 31.8 Å². The summed E-state index contributed by atoms with van der Waals surface area (Å²) in [4.78, 5) is 32.9. The molecule has 2 heterocycles. The molecule has 10 heteroatoms. The number of methoxy groups -OCH3 is 1. The van der Waals surface area contributed by atoms with E-state index in [1.807, 2.05) is 60.7 Å². The molecule has 9 nitrogen and oxygen atoms in total. The van der Waals surface area contributed by atoms with Crippen molar-refractivity contribution >= 4 is 23.4 Å². The zero-order valence-electron chi connectivity index (χ0n) is 22.8. The Hall–Kier alpha value is -3.91. The number of rotatable bonds is 7. The number of hydrogen-bond donors (Lipinski definition) is 3. The molecule has 2 aliphatic heterocycles. The number of epoxide rings is 1. The first-order chi connectivity index (χ1) is 20.3. The molecule has 216 valence electrons. The van der Waals surface area contributed by atoms with Gasteiger partial charge in [-0.2, -0.15) is 5.06 Å². The molecule has 2 saturated heterocycles. The first kappa shape index (κ1) is 28.2. The largest absolute Gasteiger partial charge is 0.496 e. The summed E-state index contributed by atoms with van der Waals surface area (Å²) in [6.07, 6.45) is -1.75. The van der Waals surface area contributed by atoms with Crippen LogP contribution in [0.3, 0.4) is 0 Å². The first-order valence-corrected chi connectivity index (χ1v) is 14.0. The van der Waals surface area contributed by atoms with Crippen molar-refractivity contribution in [3.8, 4) is 17.6 Å². The lowest BCUT2D eigenvalue weighted by molar-refractivity contribution is -0.217. The van der Waals surface area contributed by atoms with Crippen LogP contribution in [0.4, 0.5) is 0 Å². The Kier molecular flexibility index (Phi) is 7.66. The Morgan fingerprint density at radius 2 is 1.76 bits per heavy atom. The molecule has 3 fully saturated rings. The molecule has 3 aromatic rings. The number of amides is 2. The van der Waals surface area contributed by atoms with Crippen molar-refractivity contribution in [3.63, 3.8) is 0 Å². The predicted octanol–water partition coefficient (Wildman–Crippen LogP) is 2.55. The van der Waals surface area contributed by atoms with Crippen LogP contribution in [0.15, 0.2) is 72.8 Å². The van der Waals surface area contributed by atoms with Gasteiger partial charge in [0.2, 0.25) is 5.91 Å². The van der Waals surface area contributed by atoms with Crippen molar-refractivity contribution in [1.82, 2.24) is 10.4 Å². The number of carbonyl (C=O) groups is 2. The molecule has 2 amide bonds. The summed E-state index contributed by atoms with van der Waals surface area (Å²) in [6.45, 7) is 0.356. The number of nitrogens with two attached hydrogens (primary N) is 1. The van der Waals surface area contributed by atoms with E-state index in [9.17, 15) is 14.7 Å². The Labute approximate surface area is 248 Å². The van der Waals surface area contributed by atoms with Gasteiger partial charge in [0.15, 0.2) is 5.60 Å². The number of para-hydroxylation sites is 1. The average molecular weight is 588 g/mol. The third-order valence-corrected chi connectivity index (χ3v) is 8.37. The number of carbonyl (C=O) groups excluding carboxylic acids is 2. The Morgan fingerprint density at radius 3 is 2.43 bits per heavy atom. The molecule has 42 heavy (non-hydrogen) atoms. The van der Waals surface area contributed by atoms with Crippen molar-refractivity contribution in [2.24, 2.45) is 11.7 Å². The minimum absolute atomic E-state index is 0.167. The highest BCUT2D eigenvalue weighted by Crippen LogP contribution is 2.53. The van der Waals surface area contributed by atoms with Crippen LogP contribution in [0.1, 0.15) is 28.7 Å². The van der Waals surface area contributed by atoms with Gasteiger partial charge in [-0.25, -0.2) is 0 Å². The van der Waals surface area contributed by atoms with E-state index in [0.29, 0.717) is 10.8 Å². The number of primary amides is 1. The van der Waals surface area contributed by atoms with Crippen LogP contribution in [0.5, 0.6) is 5.75 Å². The fourth-order valence-corrected chi connectivity index (χ4v) is 6.07. The zero-order valence-corrected chi connectivity index (χ0v) is 23.6. The van der Waals surface area contributed by atoms with Crippen LogP contribution >= 0.6 is 11.6 Å². The standard InChI is InChI=1S/C32H30ClN3O6/c1-40-24-5-3-2-4-22(24)17-35-30(38)27-26-28(37)29-25(41-29)16-32(26,31(34)39)42-36(27)18-21-10-8-19(9-11-21)6-7-20-12-14-23(33)15-13-20/h2-5,8-15,25-29,37H,16-18H2,1H3,(H2,34,39)(H,35,38)/t25-,26+,27-,28-,29-,32-/m0/s1. The lowest BCUT2D eigenvalue weighted by atomic mass is 9.70. The summed E-state index contributed by atoms with van der Waals surface area (Å²) < 4.78 is 11.0.